The monoisotopic (exact) mass is 364 g/mol. The molecular weight excluding hydrogens is 344 g/mol. The number of fused-ring (bicyclic) bond motifs is 1. The van der Waals surface area contributed by atoms with E-state index < -0.39 is 10.0 Å². The predicted molar refractivity (Wildman–Crippen MR) is 88.5 cm³/mol. The van der Waals surface area contributed by atoms with Gasteiger partial charge in [-0.2, -0.15) is 9.40 Å². The number of aryl methyl sites for hydroxylation is 2. The fourth-order valence-electron chi connectivity index (χ4n) is 3.62. The molecule has 1 saturated heterocycles. The molecule has 0 radical (unpaired) electrons. The van der Waals surface area contributed by atoms with Crippen molar-refractivity contribution in [1.29, 1.82) is 0 Å². The lowest BCUT2D eigenvalue weighted by molar-refractivity contribution is 0.244. The summed E-state index contributed by atoms with van der Waals surface area (Å²) in [4.78, 5) is 12.3. The summed E-state index contributed by atoms with van der Waals surface area (Å²) in [5.41, 5.74) is 2.06. The van der Waals surface area contributed by atoms with E-state index in [9.17, 15) is 13.2 Å². The zero-order valence-electron chi connectivity index (χ0n) is 13.8. The summed E-state index contributed by atoms with van der Waals surface area (Å²) in [7, 11) is -3.54. The first-order valence-corrected chi connectivity index (χ1v) is 9.97. The van der Waals surface area contributed by atoms with Crippen LogP contribution in [0, 0.1) is 5.92 Å². The lowest BCUT2D eigenvalue weighted by Gasteiger charge is -2.30. The zero-order valence-corrected chi connectivity index (χ0v) is 14.6. The standard InChI is InChI=1S/C16H20N4O4S/c21-16-8-13-2-1-3-15(13)18-20(16)10-12-4-6-19(7-5-12)25(22,23)14-9-17-24-11-14/h8-9,11-12H,1-7,10H2. The van der Waals surface area contributed by atoms with E-state index in [0.29, 0.717) is 32.5 Å². The number of nitrogens with zero attached hydrogens (tertiary/aromatic N) is 4. The molecule has 0 aromatic carbocycles. The number of sulfonamides is 1. The van der Waals surface area contributed by atoms with Gasteiger partial charge in [0.25, 0.3) is 5.56 Å². The van der Waals surface area contributed by atoms with Crippen molar-refractivity contribution in [2.24, 2.45) is 5.92 Å². The molecule has 2 aliphatic rings. The highest BCUT2D eigenvalue weighted by atomic mass is 32.2. The van der Waals surface area contributed by atoms with Gasteiger partial charge in [0.2, 0.25) is 10.0 Å². The van der Waals surface area contributed by atoms with Crippen LogP contribution in [-0.4, -0.2) is 40.7 Å². The highest BCUT2D eigenvalue weighted by Crippen LogP contribution is 2.24. The average Bonchev–Trinajstić information content (AvgIpc) is 3.27. The minimum absolute atomic E-state index is 0.0554. The summed E-state index contributed by atoms with van der Waals surface area (Å²) < 4.78 is 32.6. The molecule has 0 bridgehead atoms. The van der Waals surface area contributed by atoms with Gasteiger partial charge in [0, 0.05) is 25.7 Å². The van der Waals surface area contributed by atoms with Crippen LogP contribution in [0.5, 0.6) is 0 Å². The van der Waals surface area contributed by atoms with Crippen LogP contribution in [0.3, 0.4) is 0 Å². The second-order valence-electron chi connectivity index (χ2n) is 6.70. The first-order valence-electron chi connectivity index (χ1n) is 8.53. The molecule has 0 amide bonds. The van der Waals surface area contributed by atoms with Gasteiger partial charge in [-0.1, -0.05) is 5.16 Å². The van der Waals surface area contributed by atoms with E-state index in [1.807, 2.05) is 0 Å². The highest BCUT2D eigenvalue weighted by Gasteiger charge is 2.31. The van der Waals surface area contributed by atoms with E-state index in [1.165, 1.54) is 10.5 Å². The smallest absolute Gasteiger partial charge is 0.267 e. The van der Waals surface area contributed by atoms with Crippen LogP contribution >= 0.6 is 0 Å². The lowest BCUT2D eigenvalue weighted by Crippen LogP contribution is -2.40. The summed E-state index contributed by atoms with van der Waals surface area (Å²) in [5.74, 6) is 0.249. The van der Waals surface area contributed by atoms with Crippen molar-refractivity contribution in [3.05, 3.63) is 40.1 Å². The summed E-state index contributed by atoms with van der Waals surface area (Å²) in [5, 5.41) is 7.97. The topological polar surface area (TPSA) is 98.3 Å². The van der Waals surface area contributed by atoms with Crippen molar-refractivity contribution >= 4 is 10.0 Å². The maximum Gasteiger partial charge on any atom is 0.267 e. The third-order valence-corrected chi connectivity index (χ3v) is 6.92. The van der Waals surface area contributed by atoms with E-state index in [4.69, 9.17) is 0 Å². The summed E-state index contributed by atoms with van der Waals surface area (Å²) in [6.07, 6.45) is 6.71. The molecule has 25 heavy (non-hydrogen) atoms. The molecule has 0 atom stereocenters. The van der Waals surface area contributed by atoms with Crippen molar-refractivity contribution in [1.82, 2.24) is 19.2 Å². The molecule has 2 aromatic heterocycles. The van der Waals surface area contributed by atoms with E-state index in [-0.39, 0.29) is 16.4 Å². The fourth-order valence-corrected chi connectivity index (χ4v) is 4.95. The second kappa shape index (κ2) is 6.38. The third-order valence-electron chi connectivity index (χ3n) is 5.08. The van der Waals surface area contributed by atoms with Crippen LogP contribution < -0.4 is 5.56 Å². The number of piperidine rings is 1. The molecule has 134 valence electrons. The Morgan fingerprint density at radius 3 is 2.76 bits per heavy atom. The molecule has 0 unspecified atom stereocenters. The zero-order chi connectivity index (χ0) is 17.4. The van der Waals surface area contributed by atoms with Crippen LogP contribution in [0.4, 0.5) is 0 Å². The number of hydrogen-bond acceptors (Lipinski definition) is 6. The molecule has 2 aromatic rings. The molecule has 1 fully saturated rings. The Balaban J connectivity index is 1.42. The molecule has 1 aliphatic carbocycles. The van der Waals surface area contributed by atoms with Crippen LogP contribution in [0.1, 0.15) is 30.5 Å². The van der Waals surface area contributed by atoms with Crippen molar-refractivity contribution in [3.63, 3.8) is 0 Å². The van der Waals surface area contributed by atoms with Gasteiger partial charge in [-0.15, -0.1) is 0 Å². The highest BCUT2D eigenvalue weighted by molar-refractivity contribution is 7.89. The summed E-state index contributed by atoms with van der Waals surface area (Å²) in [6.45, 7) is 1.41. The van der Waals surface area contributed by atoms with Gasteiger partial charge in [-0.3, -0.25) is 4.79 Å². The van der Waals surface area contributed by atoms with E-state index in [0.717, 1.165) is 36.8 Å². The maximum absolute atomic E-state index is 12.5. The average molecular weight is 364 g/mol. The fraction of sp³-hybridized carbons (Fsp3) is 0.562. The molecule has 0 N–H and O–H groups in total. The lowest BCUT2D eigenvalue weighted by atomic mass is 9.98. The van der Waals surface area contributed by atoms with Crippen LogP contribution in [-0.2, 0) is 29.4 Å². The molecule has 0 spiro atoms. The van der Waals surface area contributed by atoms with Crippen molar-refractivity contribution in [2.45, 2.75) is 43.5 Å². The minimum atomic E-state index is -3.54. The quantitative estimate of drug-likeness (QED) is 0.797. The Morgan fingerprint density at radius 2 is 2.04 bits per heavy atom. The minimum Gasteiger partial charge on any atom is -0.363 e. The second-order valence-corrected chi connectivity index (χ2v) is 8.64. The first kappa shape index (κ1) is 16.5. The van der Waals surface area contributed by atoms with Gasteiger partial charge >= 0.3 is 0 Å². The molecule has 3 heterocycles. The maximum atomic E-state index is 12.5. The van der Waals surface area contributed by atoms with Gasteiger partial charge in [0.05, 0.1) is 11.9 Å². The molecule has 0 saturated carbocycles. The Labute approximate surface area is 145 Å². The third kappa shape index (κ3) is 3.13. The number of rotatable bonds is 4. The van der Waals surface area contributed by atoms with Crippen LogP contribution in [0.25, 0.3) is 0 Å². The molecule has 1 aliphatic heterocycles. The summed E-state index contributed by atoms with van der Waals surface area (Å²) in [6, 6.07) is 1.71. The Hall–Kier alpha value is -2.00. The number of aromatic nitrogens is 3. The van der Waals surface area contributed by atoms with Crippen molar-refractivity contribution in [3.8, 4) is 0 Å². The van der Waals surface area contributed by atoms with E-state index in [1.54, 1.807) is 10.7 Å². The van der Waals surface area contributed by atoms with Gasteiger partial charge in [-0.25, -0.2) is 13.1 Å². The largest absolute Gasteiger partial charge is 0.363 e. The van der Waals surface area contributed by atoms with Crippen molar-refractivity contribution in [2.75, 3.05) is 13.1 Å². The number of hydrogen-bond donors (Lipinski definition) is 0. The Kier molecular flexibility index (Phi) is 4.20. The van der Waals surface area contributed by atoms with Gasteiger partial charge in [0.1, 0.15) is 11.2 Å². The van der Waals surface area contributed by atoms with Crippen LogP contribution in [0.2, 0.25) is 0 Å². The van der Waals surface area contributed by atoms with Gasteiger partial charge in [0.15, 0.2) is 0 Å². The Bertz CT molecular complexity index is 912. The normalized spacial score (nSPS) is 19.2. The van der Waals surface area contributed by atoms with E-state index >= 15 is 0 Å². The molecule has 9 heteroatoms. The van der Waals surface area contributed by atoms with Crippen LogP contribution in [0.15, 0.2) is 32.7 Å². The SMILES string of the molecule is O=c1cc2c(nn1CC1CCN(S(=O)(=O)c3cnoc3)CC1)CCC2. The van der Waals surface area contributed by atoms with E-state index in [2.05, 4.69) is 14.8 Å². The van der Waals surface area contributed by atoms with Gasteiger partial charge < -0.3 is 4.52 Å². The predicted octanol–water partition coefficient (Wildman–Crippen LogP) is 0.821. The Morgan fingerprint density at radius 1 is 1.24 bits per heavy atom. The molecular formula is C16H20N4O4S. The molecule has 8 nitrogen and oxygen atoms in total. The molecule has 4 rings (SSSR count). The summed E-state index contributed by atoms with van der Waals surface area (Å²) >= 11 is 0. The van der Waals surface area contributed by atoms with Gasteiger partial charge in [-0.05, 0) is 43.6 Å². The van der Waals surface area contributed by atoms with Crippen molar-refractivity contribution < 1.29 is 12.9 Å². The first-order chi connectivity index (χ1) is 12.0.